The maximum absolute atomic E-state index is 12.2. The molecule has 0 fully saturated rings. The van der Waals surface area contributed by atoms with Crippen molar-refractivity contribution in [3.63, 3.8) is 0 Å². The van der Waals surface area contributed by atoms with E-state index < -0.39 is 0 Å². The van der Waals surface area contributed by atoms with Gasteiger partial charge in [-0.2, -0.15) is 0 Å². The number of hydrogen-bond acceptors (Lipinski definition) is 3. The second-order valence-electron chi connectivity index (χ2n) is 4.62. The molecule has 0 bridgehead atoms. The lowest BCUT2D eigenvalue weighted by molar-refractivity contribution is 0.102. The quantitative estimate of drug-likeness (QED) is 0.912. The van der Waals surface area contributed by atoms with Crippen molar-refractivity contribution >= 4 is 11.6 Å². The Bertz CT molecular complexity index is 620. The van der Waals surface area contributed by atoms with Crippen molar-refractivity contribution < 1.29 is 14.3 Å². The van der Waals surface area contributed by atoms with Gasteiger partial charge in [0.15, 0.2) is 11.5 Å². The molecule has 0 saturated carbocycles. The molecule has 0 spiro atoms. The van der Waals surface area contributed by atoms with Crippen LogP contribution in [-0.2, 0) is 0 Å². The third-order valence-electron chi connectivity index (χ3n) is 3.04. The zero-order valence-electron chi connectivity index (χ0n) is 12.5. The fraction of sp³-hybridized carbons (Fsp3) is 0.235. The van der Waals surface area contributed by atoms with Gasteiger partial charge in [0.05, 0.1) is 13.7 Å². The second-order valence-corrected chi connectivity index (χ2v) is 4.62. The molecular weight excluding hydrogens is 266 g/mol. The molecule has 4 nitrogen and oxygen atoms in total. The number of methoxy groups -OCH3 is 1. The fourth-order valence-electron chi connectivity index (χ4n) is 1.92. The van der Waals surface area contributed by atoms with E-state index >= 15 is 0 Å². The second kappa shape index (κ2) is 6.79. The number of amides is 1. The highest BCUT2D eigenvalue weighted by Crippen LogP contribution is 2.28. The smallest absolute Gasteiger partial charge is 0.255 e. The molecule has 4 heteroatoms. The minimum Gasteiger partial charge on any atom is -0.493 e. The lowest BCUT2D eigenvalue weighted by Crippen LogP contribution is -2.12. The molecule has 1 amide bonds. The number of aryl methyl sites for hydroxylation is 1. The number of rotatable bonds is 5. The lowest BCUT2D eigenvalue weighted by Gasteiger charge is -2.11. The Morgan fingerprint density at radius 1 is 1.10 bits per heavy atom. The van der Waals surface area contributed by atoms with Gasteiger partial charge in [-0.25, -0.2) is 0 Å². The zero-order valence-corrected chi connectivity index (χ0v) is 12.5. The van der Waals surface area contributed by atoms with E-state index in [-0.39, 0.29) is 5.91 Å². The van der Waals surface area contributed by atoms with Crippen LogP contribution in [0.25, 0.3) is 0 Å². The zero-order chi connectivity index (χ0) is 15.2. The molecule has 0 unspecified atom stereocenters. The van der Waals surface area contributed by atoms with Crippen molar-refractivity contribution in [2.24, 2.45) is 0 Å². The summed E-state index contributed by atoms with van der Waals surface area (Å²) in [6.07, 6.45) is 0. The van der Waals surface area contributed by atoms with E-state index in [1.54, 1.807) is 25.3 Å². The van der Waals surface area contributed by atoms with Gasteiger partial charge < -0.3 is 14.8 Å². The predicted molar refractivity (Wildman–Crippen MR) is 83.3 cm³/mol. The van der Waals surface area contributed by atoms with Crippen molar-refractivity contribution in [3.8, 4) is 11.5 Å². The Hall–Kier alpha value is -2.49. The predicted octanol–water partition coefficient (Wildman–Crippen LogP) is 3.65. The average Bonchev–Trinajstić information content (AvgIpc) is 2.50. The molecule has 0 radical (unpaired) electrons. The number of benzene rings is 2. The van der Waals surface area contributed by atoms with E-state index in [1.165, 1.54) is 0 Å². The maximum Gasteiger partial charge on any atom is 0.255 e. The Morgan fingerprint density at radius 3 is 2.43 bits per heavy atom. The van der Waals surface area contributed by atoms with Crippen LogP contribution in [-0.4, -0.2) is 19.6 Å². The molecule has 0 aliphatic heterocycles. The highest BCUT2D eigenvalue weighted by Gasteiger charge is 2.11. The van der Waals surface area contributed by atoms with Gasteiger partial charge in [-0.3, -0.25) is 4.79 Å². The van der Waals surface area contributed by atoms with Crippen LogP contribution < -0.4 is 14.8 Å². The van der Waals surface area contributed by atoms with Crippen LogP contribution >= 0.6 is 0 Å². The van der Waals surface area contributed by atoms with Gasteiger partial charge >= 0.3 is 0 Å². The molecule has 21 heavy (non-hydrogen) atoms. The van der Waals surface area contributed by atoms with Gasteiger partial charge in [0, 0.05) is 11.3 Å². The Labute approximate surface area is 124 Å². The van der Waals surface area contributed by atoms with Crippen molar-refractivity contribution in [1.29, 1.82) is 0 Å². The SMILES string of the molecule is CCOc1ccc(C(=O)Nc2ccc(C)cc2)cc1OC. The van der Waals surface area contributed by atoms with Crippen LogP contribution in [0.3, 0.4) is 0 Å². The number of nitrogens with one attached hydrogen (secondary N) is 1. The third-order valence-corrected chi connectivity index (χ3v) is 3.04. The number of hydrogen-bond donors (Lipinski definition) is 1. The number of carbonyl (C=O) groups is 1. The minimum atomic E-state index is -0.180. The Morgan fingerprint density at radius 2 is 1.81 bits per heavy atom. The normalized spacial score (nSPS) is 10.0. The summed E-state index contributed by atoms with van der Waals surface area (Å²) in [7, 11) is 1.56. The molecule has 0 aliphatic rings. The molecule has 0 saturated heterocycles. The summed E-state index contributed by atoms with van der Waals surface area (Å²) in [6, 6.07) is 12.8. The summed E-state index contributed by atoms with van der Waals surface area (Å²) in [5.41, 5.74) is 2.44. The fourth-order valence-corrected chi connectivity index (χ4v) is 1.92. The first-order valence-corrected chi connectivity index (χ1v) is 6.83. The number of anilines is 1. The highest BCUT2D eigenvalue weighted by molar-refractivity contribution is 6.04. The summed E-state index contributed by atoms with van der Waals surface area (Å²) in [6.45, 7) is 4.45. The average molecular weight is 285 g/mol. The first kappa shape index (κ1) is 14.9. The first-order chi connectivity index (χ1) is 10.1. The van der Waals surface area contributed by atoms with Crippen LogP contribution in [0.4, 0.5) is 5.69 Å². The molecule has 2 rings (SSSR count). The van der Waals surface area contributed by atoms with Gasteiger partial charge in [-0.05, 0) is 44.2 Å². The van der Waals surface area contributed by atoms with E-state index in [9.17, 15) is 4.79 Å². The Kier molecular flexibility index (Phi) is 4.82. The largest absolute Gasteiger partial charge is 0.493 e. The van der Waals surface area contributed by atoms with Crippen molar-refractivity contribution in [3.05, 3.63) is 53.6 Å². The maximum atomic E-state index is 12.2. The van der Waals surface area contributed by atoms with Gasteiger partial charge in [-0.15, -0.1) is 0 Å². The summed E-state index contributed by atoms with van der Waals surface area (Å²) >= 11 is 0. The third kappa shape index (κ3) is 3.75. The van der Waals surface area contributed by atoms with Gasteiger partial charge in [-0.1, -0.05) is 17.7 Å². The van der Waals surface area contributed by atoms with Crippen LogP contribution in [0, 0.1) is 6.92 Å². The lowest BCUT2D eigenvalue weighted by atomic mass is 10.1. The molecule has 110 valence electrons. The molecule has 2 aromatic rings. The van der Waals surface area contributed by atoms with E-state index in [0.29, 0.717) is 23.7 Å². The molecule has 2 aromatic carbocycles. The molecule has 0 aliphatic carbocycles. The topological polar surface area (TPSA) is 47.6 Å². The molecule has 0 aromatic heterocycles. The van der Waals surface area contributed by atoms with Crippen LogP contribution in [0.15, 0.2) is 42.5 Å². The minimum absolute atomic E-state index is 0.180. The van der Waals surface area contributed by atoms with E-state index in [4.69, 9.17) is 9.47 Å². The van der Waals surface area contributed by atoms with Crippen LogP contribution in [0.2, 0.25) is 0 Å². The van der Waals surface area contributed by atoms with Crippen molar-refractivity contribution in [1.82, 2.24) is 0 Å². The summed E-state index contributed by atoms with van der Waals surface area (Å²) < 4.78 is 10.7. The van der Waals surface area contributed by atoms with E-state index in [1.807, 2.05) is 38.1 Å². The summed E-state index contributed by atoms with van der Waals surface area (Å²) in [5.74, 6) is 1.00. The van der Waals surface area contributed by atoms with Gasteiger partial charge in [0.2, 0.25) is 0 Å². The molecule has 1 N–H and O–H groups in total. The van der Waals surface area contributed by atoms with Crippen LogP contribution in [0.1, 0.15) is 22.8 Å². The standard InChI is InChI=1S/C17H19NO3/c1-4-21-15-10-7-13(11-16(15)20-3)17(19)18-14-8-5-12(2)6-9-14/h5-11H,4H2,1-3H3,(H,18,19). The molecular formula is C17H19NO3. The number of ether oxygens (including phenoxy) is 2. The monoisotopic (exact) mass is 285 g/mol. The number of carbonyl (C=O) groups excluding carboxylic acids is 1. The van der Waals surface area contributed by atoms with E-state index in [2.05, 4.69) is 5.32 Å². The van der Waals surface area contributed by atoms with Gasteiger partial charge in [0.25, 0.3) is 5.91 Å². The van der Waals surface area contributed by atoms with Crippen molar-refractivity contribution in [2.75, 3.05) is 19.0 Å². The van der Waals surface area contributed by atoms with Crippen molar-refractivity contribution in [2.45, 2.75) is 13.8 Å². The molecule has 0 atom stereocenters. The molecule has 0 heterocycles. The van der Waals surface area contributed by atoms with Gasteiger partial charge in [0.1, 0.15) is 0 Å². The summed E-state index contributed by atoms with van der Waals surface area (Å²) in [5, 5.41) is 2.85. The van der Waals surface area contributed by atoms with E-state index in [0.717, 1.165) is 11.3 Å². The summed E-state index contributed by atoms with van der Waals surface area (Å²) in [4.78, 5) is 12.2. The Balaban J connectivity index is 2.17. The first-order valence-electron chi connectivity index (χ1n) is 6.83. The highest BCUT2D eigenvalue weighted by atomic mass is 16.5. The van der Waals surface area contributed by atoms with Crippen LogP contribution in [0.5, 0.6) is 11.5 Å².